The van der Waals surface area contributed by atoms with Crippen molar-refractivity contribution in [2.75, 3.05) is 33.0 Å². The van der Waals surface area contributed by atoms with Crippen molar-refractivity contribution in [2.24, 2.45) is 0 Å². The van der Waals surface area contributed by atoms with E-state index in [0.717, 1.165) is 18.4 Å². The highest BCUT2D eigenvalue weighted by Crippen LogP contribution is 2.28. The number of ether oxygens (including phenoxy) is 4. The summed E-state index contributed by atoms with van der Waals surface area (Å²) in [5.74, 6) is 1.19. The quantitative estimate of drug-likeness (QED) is 0.348. The van der Waals surface area contributed by atoms with Crippen molar-refractivity contribution in [1.82, 2.24) is 5.32 Å². The van der Waals surface area contributed by atoms with Crippen LogP contribution in [0.25, 0.3) is 0 Å². The summed E-state index contributed by atoms with van der Waals surface area (Å²) in [4.78, 5) is 24.2. The average molecular weight is 444 g/mol. The number of carbonyl (C=O) groups excluding carboxylic acids is 2. The zero-order chi connectivity index (χ0) is 23.2. The second-order valence-corrected chi connectivity index (χ2v) is 7.05. The van der Waals surface area contributed by atoms with Crippen LogP contribution in [0.4, 0.5) is 0 Å². The van der Waals surface area contributed by atoms with E-state index in [9.17, 15) is 9.59 Å². The van der Waals surface area contributed by atoms with Crippen molar-refractivity contribution in [3.05, 3.63) is 53.6 Å². The van der Waals surface area contributed by atoms with Crippen LogP contribution in [0, 0.1) is 0 Å². The molecule has 0 heterocycles. The molecule has 0 aliphatic heterocycles. The zero-order valence-electron chi connectivity index (χ0n) is 19.1. The molecule has 0 spiro atoms. The lowest BCUT2D eigenvalue weighted by Crippen LogP contribution is -2.30. The van der Waals surface area contributed by atoms with Crippen LogP contribution in [0.2, 0.25) is 0 Å². The number of benzene rings is 2. The molecule has 0 fully saturated rings. The lowest BCUT2D eigenvalue weighted by molar-refractivity contribution is -0.124. The van der Waals surface area contributed by atoms with Crippen molar-refractivity contribution in [1.29, 1.82) is 0 Å². The Kier molecular flexibility index (Phi) is 10.9. The van der Waals surface area contributed by atoms with Gasteiger partial charge in [0.2, 0.25) is 0 Å². The van der Waals surface area contributed by atoms with Crippen LogP contribution in [-0.2, 0) is 16.0 Å². The second kappa shape index (κ2) is 14.0. The predicted molar refractivity (Wildman–Crippen MR) is 123 cm³/mol. The summed E-state index contributed by atoms with van der Waals surface area (Å²) in [5.41, 5.74) is 1.38. The Labute approximate surface area is 190 Å². The standard InChI is InChI=1S/C25H33NO6/c1-4-7-16-31-21-11-9-20(10-12-21)25(28)32-18-24(27)26-15-14-19-8-13-22(29-5-2)23(17-19)30-6-3/h8-13,17H,4-7,14-16,18H2,1-3H3,(H,26,27). The van der Waals surface area contributed by atoms with Gasteiger partial charge in [0.05, 0.1) is 25.4 Å². The van der Waals surface area contributed by atoms with E-state index in [1.54, 1.807) is 24.3 Å². The van der Waals surface area contributed by atoms with Crippen molar-refractivity contribution >= 4 is 11.9 Å². The third-order valence-corrected chi connectivity index (χ3v) is 4.53. The SMILES string of the molecule is CCCCOc1ccc(C(=O)OCC(=O)NCCc2ccc(OCC)c(OCC)c2)cc1. The number of unbranched alkanes of at least 4 members (excludes halogenated alkanes) is 1. The van der Waals surface area contributed by atoms with Gasteiger partial charge in [-0.2, -0.15) is 0 Å². The van der Waals surface area contributed by atoms with Crippen LogP contribution in [0.5, 0.6) is 17.2 Å². The van der Waals surface area contributed by atoms with Gasteiger partial charge in [-0.25, -0.2) is 4.79 Å². The van der Waals surface area contributed by atoms with Crippen LogP contribution < -0.4 is 19.5 Å². The molecular formula is C25H33NO6. The minimum Gasteiger partial charge on any atom is -0.494 e. The van der Waals surface area contributed by atoms with Gasteiger partial charge in [-0.3, -0.25) is 4.79 Å². The smallest absolute Gasteiger partial charge is 0.338 e. The maximum Gasteiger partial charge on any atom is 0.338 e. The molecule has 0 aromatic heterocycles. The normalized spacial score (nSPS) is 10.3. The van der Waals surface area contributed by atoms with Gasteiger partial charge in [0.1, 0.15) is 5.75 Å². The highest BCUT2D eigenvalue weighted by molar-refractivity contribution is 5.91. The van der Waals surface area contributed by atoms with Crippen LogP contribution >= 0.6 is 0 Å². The van der Waals surface area contributed by atoms with Crippen molar-refractivity contribution in [3.63, 3.8) is 0 Å². The van der Waals surface area contributed by atoms with Gasteiger partial charge < -0.3 is 24.3 Å². The summed E-state index contributed by atoms with van der Waals surface area (Å²) >= 11 is 0. The molecule has 0 radical (unpaired) electrons. The first kappa shape index (κ1) is 25.0. The van der Waals surface area contributed by atoms with Gasteiger partial charge in [0, 0.05) is 6.54 Å². The molecule has 2 rings (SSSR count). The van der Waals surface area contributed by atoms with Gasteiger partial charge in [-0.05, 0) is 68.7 Å². The van der Waals surface area contributed by atoms with Crippen LogP contribution in [0.15, 0.2) is 42.5 Å². The van der Waals surface area contributed by atoms with Crippen LogP contribution in [0.1, 0.15) is 49.5 Å². The molecule has 0 aliphatic carbocycles. The fourth-order valence-corrected chi connectivity index (χ4v) is 2.88. The van der Waals surface area contributed by atoms with Crippen LogP contribution in [0.3, 0.4) is 0 Å². The number of carbonyl (C=O) groups is 2. The minimum absolute atomic E-state index is 0.332. The van der Waals surface area contributed by atoms with E-state index in [1.165, 1.54) is 0 Å². The van der Waals surface area contributed by atoms with Gasteiger partial charge in [0.15, 0.2) is 18.1 Å². The number of hydrogen-bond acceptors (Lipinski definition) is 6. The molecule has 2 aromatic carbocycles. The molecule has 0 atom stereocenters. The summed E-state index contributed by atoms with van der Waals surface area (Å²) < 4.78 is 21.8. The first-order valence-corrected chi connectivity index (χ1v) is 11.1. The molecule has 0 aliphatic rings. The fourth-order valence-electron chi connectivity index (χ4n) is 2.88. The Balaban J connectivity index is 1.74. The summed E-state index contributed by atoms with van der Waals surface area (Å²) in [7, 11) is 0. The molecule has 1 amide bonds. The lowest BCUT2D eigenvalue weighted by Gasteiger charge is -2.12. The zero-order valence-corrected chi connectivity index (χ0v) is 19.1. The number of nitrogens with one attached hydrogen (secondary N) is 1. The fraction of sp³-hybridized carbons (Fsp3) is 0.440. The molecule has 0 saturated carbocycles. The van der Waals surface area contributed by atoms with E-state index < -0.39 is 5.97 Å². The number of amides is 1. The molecule has 7 nitrogen and oxygen atoms in total. The van der Waals surface area contributed by atoms with E-state index in [0.29, 0.717) is 55.6 Å². The molecule has 174 valence electrons. The minimum atomic E-state index is -0.548. The molecule has 7 heteroatoms. The predicted octanol–water partition coefficient (Wildman–Crippen LogP) is 4.18. The van der Waals surface area contributed by atoms with E-state index >= 15 is 0 Å². The summed E-state index contributed by atoms with van der Waals surface area (Å²) in [6, 6.07) is 12.4. The van der Waals surface area contributed by atoms with Crippen molar-refractivity contribution in [2.45, 2.75) is 40.0 Å². The highest BCUT2D eigenvalue weighted by atomic mass is 16.5. The number of rotatable bonds is 14. The third-order valence-electron chi connectivity index (χ3n) is 4.53. The van der Waals surface area contributed by atoms with Crippen molar-refractivity contribution in [3.8, 4) is 17.2 Å². The van der Waals surface area contributed by atoms with Crippen LogP contribution in [-0.4, -0.2) is 44.8 Å². The lowest BCUT2D eigenvalue weighted by atomic mass is 10.1. The Morgan fingerprint density at radius 2 is 1.59 bits per heavy atom. The van der Waals surface area contributed by atoms with Gasteiger partial charge >= 0.3 is 5.97 Å². The largest absolute Gasteiger partial charge is 0.494 e. The summed E-state index contributed by atoms with van der Waals surface area (Å²) in [5, 5.41) is 2.76. The Bertz CT molecular complexity index is 850. The van der Waals surface area contributed by atoms with E-state index in [1.807, 2.05) is 32.0 Å². The maximum atomic E-state index is 12.1. The number of esters is 1. The van der Waals surface area contributed by atoms with Gasteiger partial charge in [0.25, 0.3) is 5.91 Å². The summed E-state index contributed by atoms with van der Waals surface area (Å²) in [6.45, 7) is 7.76. The Morgan fingerprint density at radius 3 is 2.28 bits per heavy atom. The first-order chi connectivity index (χ1) is 15.6. The van der Waals surface area contributed by atoms with E-state index in [4.69, 9.17) is 18.9 Å². The van der Waals surface area contributed by atoms with Gasteiger partial charge in [-0.15, -0.1) is 0 Å². The Morgan fingerprint density at radius 1 is 0.875 bits per heavy atom. The van der Waals surface area contributed by atoms with Gasteiger partial charge in [-0.1, -0.05) is 19.4 Å². The average Bonchev–Trinajstić information content (AvgIpc) is 2.80. The third kappa shape index (κ3) is 8.49. The second-order valence-electron chi connectivity index (χ2n) is 7.05. The molecule has 2 aromatic rings. The number of hydrogen-bond donors (Lipinski definition) is 1. The first-order valence-electron chi connectivity index (χ1n) is 11.1. The van der Waals surface area contributed by atoms with E-state index in [2.05, 4.69) is 12.2 Å². The molecular weight excluding hydrogens is 410 g/mol. The highest BCUT2D eigenvalue weighted by Gasteiger charge is 2.11. The molecule has 0 unspecified atom stereocenters. The molecule has 1 N–H and O–H groups in total. The molecule has 32 heavy (non-hydrogen) atoms. The summed E-state index contributed by atoms with van der Waals surface area (Å²) in [6.07, 6.45) is 2.65. The van der Waals surface area contributed by atoms with E-state index in [-0.39, 0.29) is 12.5 Å². The molecule has 0 bridgehead atoms. The topological polar surface area (TPSA) is 83.1 Å². The van der Waals surface area contributed by atoms with Crippen molar-refractivity contribution < 1.29 is 28.5 Å². The monoisotopic (exact) mass is 443 g/mol. The molecule has 0 saturated heterocycles. The maximum absolute atomic E-state index is 12.1. The Hall–Kier alpha value is -3.22.